The van der Waals surface area contributed by atoms with Crippen LogP contribution in [0.15, 0.2) is 10.7 Å². The van der Waals surface area contributed by atoms with Crippen LogP contribution in [0.5, 0.6) is 0 Å². The summed E-state index contributed by atoms with van der Waals surface area (Å²) in [6.07, 6.45) is -4.31. The second-order valence-electron chi connectivity index (χ2n) is 1.40. The molecule has 6 heteroatoms. The van der Waals surface area contributed by atoms with Crippen LogP contribution in [0.4, 0.5) is 13.2 Å². The van der Waals surface area contributed by atoms with E-state index in [1.807, 2.05) is 0 Å². The Morgan fingerprint density at radius 1 is 1.50 bits per heavy atom. The highest BCUT2D eigenvalue weighted by Gasteiger charge is 2.33. The van der Waals surface area contributed by atoms with Gasteiger partial charge >= 0.3 is 6.18 Å². The largest absolute Gasteiger partial charge is 0.432 e. The summed E-state index contributed by atoms with van der Waals surface area (Å²) in [6, 6.07) is 0. The molecule has 10 heavy (non-hydrogen) atoms. The number of halogens is 4. The number of alkyl halides is 3. The molecule has 3 N–H and O–H groups in total. The molecule has 58 valence electrons. The number of hydrogen-bond donors (Lipinski definition) is 2. The van der Waals surface area contributed by atoms with E-state index in [4.69, 9.17) is 17.0 Å². The van der Waals surface area contributed by atoms with Crippen molar-refractivity contribution in [1.29, 1.82) is 5.41 Å². The molecule has 0 spiro atoms. The standard InChI is InChI=1S/C4H4ClF3N2/c5-2(1-9)3(10)4(6,7)8/h1,9H,10H2. The number of allylic oxidation sites excluding steroid dienone is 2. The zero-order chi connectivity index (χ0) is 8.36. The summed E-state index contributed by atoms with van der Waals surface area (Å²) in [6.45, 7) is 0. The quantitative estimate of drug-likeness (QED) is 0.580. The zero-order valence-corrected chi connectivity index (χ0v) is 5.42. The molecular formula is C4H4ClF3N2. The van der Waals surface area contributed by atoms with Gasteiger partial charge in [-0.25, -0.2) is 0 Å². The van der Waals surface area contributed by atoms with Crippen LogP contribution >= 0.6 is 11.6 Å². The van der Waals surface area contributed by atoms with Crippen molar-refractivity contribution in [3.05, 3.63) is 10.7 Å². The fourth-order valence-corrected chi connectivity index (χ4v) is 0.320. The first kappa shape index (κ1) is 9.29. The molecule has 0 saturated heterocycles. The van der Waals surface area contributed by atoms with Crippen molar-refractivity contribution < 1.29 is 13.2 Å². The Morgan fingerprint density at radius 3 is 2.00 bits per heavy atom. The summed E-state index contributed by atoms with van der Waals surface area (Å²) in [4.78, 5) is 0. The Labute approximate surface area is 60.0 Å². The van der Waals surface area contributed by atoms with Crippen LogP contribution in [0.25, 0.3) is 0 Å². The highest BCUT2D eigenvalue weighted by atomic mass is 35.5. The summed E-state index contributed by atoms with van der Waals surface area (Å²) in [5.74, 6) is 0. The summed E-state index contributed by atoms with van der Waals surface area (Å²) >= 11 is 4.89. The average molecular weight is 173 g/mol. The van der Waals surface area contributed by atoms with Gasteiger partial charge in [0.1, 0.15) is 5.70 Å². The maximum atomic E-state index is 11.5. The van der Waals surface area contributed by atoms with E-state index < -0.39 is 16.9 Å². The second-order valence-corrected chi connectivity index (χ2v) is 1.81. The van der Waals surface area contributed by atoms with Gasteiger partial charge in [0.2, 0.25) is 0 Å². The molecule has 0 saturated carbocycles. The summed E-state index contributed by atoms with van der Waals surface area (Å²) in [5.41, 5.74) is 3.04. The van der Waals surface area contributed by atoms with Crippen molar-refractivity contribution in [1.82, 2.24) is 0 Å². The summed E-state index contributed by atoms with van der Waals surface area (Å²) < 4.78 is 34.5. The van der Waals surface area contributed by atoms with Crippen LogP contribution in [0, 0.1) is 5.41 Å². The molecule has 0 fully saturated rings. The average Bonchev–Trinajstić information content (AvgIpc) is 1.83. The number of nitrogens with two attached hydrogens (primary N) is 1. The highest BCUT2D eigenvalue weighted by Crippen LogP contribution is 2.24. The zero-order valence-electron chi connectivity index (χ0n) is 4.67. The third-order valence-corrected chi connectivity index (χ3v) is 1.00. The van der Waals surface area contributed by atoms with E-state index in [2.05, 4.69) is 5.73 Å². The molecule has 0 aliphatic heterocycles. The molecule has 0 aliphatic rings. The van der Waals surface area contributed by atoms with E-state index in [1.54, 1.807) is 0 Å². The molecule has 0 aromatic rings. The Bertz CT molecular complexity index is 172. The number of hydrogen-bond acceptors (Lipinski definition) is 2. The molecule has 0 bridgehead atoms. The first-order valence-electron chi connectivity index (χ1n) is 2.12. The minimum atomic E-state index is -4.64. The van der Waals surface area contributed by atoms with Crippen molar-refractivity contribution in [3.8, 4) is 0 Å². The number of rotatable bonds is 1. The van der Waals surface area contributed by atoms with Crippen LogP contribution in [-0.2, 0) is 0 Å². The van der Waals surface area contributed by atoms with Crippen molar-refractivity contribution in [2.75, 3.05) is 0 Å². The normalized spacial score (nSPS) is 14.4. The summed E-state index contributed by atoms with van der Waals surface area (Å²) in [5, 5.41) is 5.53. The van der Waals surface area contributed by atoms with Gasteiger partial charge in [-0.3, -0.25) is 0 Å². The van der Waals surface area contributed by atoms with Crippen LogP contribution < -0.4 is 5.73 Å². The molecule has 0 atom stereocenters. The molecule has 0 radical (unpaired) electrons. The Kier molecular flexibility index (Phi) is 2.71. The van der Waals surface area contributed by atoms with Gasteiger partial charge in [0.15, 0.2) is 0 Å². The molecule has 0 aromatic carbocycles. The smallest absolute Gasteiger partial charge is 0.393 e. The lowest BCUT2D eigenvalue weighted by molar-refractivity contribution is -0.0927. The topological polar surface area (TPSA) is 49.9 Å². The van der Waals surface area contributed by atoms with E-state index in [9.17, 15) is 13.2 Å². The van der Waals surface area contributed by atoms with E-state index in [1.165, 1.54) is 0 Å². The minimum Gasteiger partial charge on any atom is -0.393 e. The lowest BCUT2D eigenvalue weighted by Gasteiger charge is -2.05. The van der Waals surface area contributed by atoms with Gasteiger partial charge in [-0.2, -0.15) is 13.2 Å². The molecule has 0 aromatic heterocycles. The Hall–Kier alpha value is -0.710. The van der Waals surface area contributed by atoms with Gasteiger partial charge in [-0.1, -0.05) is 11.6 Å². The monoisotopic (exact) mass is 172 g/mol. The van der Waals surface area contributed by atoms with Crippen molar-refractivity contribution in [2.45, 2.75) is 6.18 Å². The van der Waals surface area contributed by atoms with Crippen molar-refractivity contribution in [3.63, 3.8) is 0 Å². The van der Waals surface area contributed by atoms with Gasteiger partial charge < -0.3 is 11.1 Å². The Morgan fingerprint density at radius 2 is 1.90 bits per heavy atom. The first-order valence-corrected chi connectivity index (χ1v) is 2.50. The maximum absolute atomic E-state index is 11.5. The fourth-order valence-electron chi connectivity index (χ4n) is 0.213. The van der Waals surface area contributed by atoms with Gasteiger partial charge in [0, 0.05) is 6.21 Å². The van der Waals surface area contributed by atoms with E-state index in [0.717, 1.165) is 0 Å². The van der Waals surface area contributed by atoms with Crippen LogP contribution in [0.2, 0.25) is 0 Å². The molecule has 2 nitrogen and oxygen atoms in total. The molecule has 0 amide bonds. The second kappa shape index (κ2) is 2.92. The fraction of sp³-hybridized carbons (Fsp3) is 0.250. The third-order valence-electron chi connectivity index (χ3n) is 0.689. The van der Waals surface area contributed by atoms with E-state index in [-0.39, 0.29) is 0 Å². The molecule has 0 heterocycles. The van der Waals surface area contributed by atoms with Crippen molar-refractivity contribution >= 4 is 17.8 Å². The predicted molar refractivity (Wildman–Crippen MR) is 31.9 cm³/mol. The summed E-state index contributed by atoms with van der Waals surface area (Å²) in [7, 11) is 0. The highest BCUT2D eigenvalue weighted by molar-refractivity contribution is 6.39. The molecule has 0 aliphatic carbocycles. The molecule has 0 rings (SSSR count). The predicted octanol–water partition coefficient (Wildman–Crippen LogP) is 1.61. The van der Waals surface area contributed by atoms with Crippen LogP contribution in [0.1, 0.15) is 0 Å². The maximum Gasteiger partial charge on any atom is 0.432 e. The first-order chi connectivity index (χ1) is 4.39. The third kappa shape index (κ3) is 2.26. The van der Waals surface area contributed by atoms with Gasteiger partial charge in [0.25, 0.3) is 0 Å². The van der Waals surface area contributed by atoms with Gasteiger partial charge in [-0.15, -0.1) is 0 Å². The molecule has 0 unspecified atom stereocenters. The van der Waals surface area contributed by atoms with Gasteiger partial charge in [0.05, 0.1) is 5.03 Å². The lowest BCUT2D eigenvalue weighted by Crippen LogP contribution is -2.20. The van der Waals surface area contributed by atoms with Gasteiger partial charge in [-0.05, 0) is 0 Å². The lowest BCUT2D eigenvalue weighted by atomic mass is 10.4. The SMILES string of the molecule is N=CC(Cl)=C(N)C(F)(F)F. The van der Waals surface area contributed by atoms with Crippen molar-refractivity contribution in [2.24, 2.45) is 5.73 Å². The van der Waals surface area contributed by atoms with E-state index >= 15 is 0 Å². The minimum absolute atomic E-state index is 0.338. The number of nitrogens with one attached hydrogen (secondary N) is 1. The van der Waals surface area contributed by atoms with Crippen LogP contribution in [-0.4, -0.2) is 12.4 Å². The van der Waals surface area contributed by atoms with E-state index in [0.29, 0.717) is 6.21 Å². The Balaban J connectivity index is 4.63. The molecular weight excluding hydrogens is 169 g/mol. The van der Waals surface area contributed by atoms with Crippen LogP contribution in [0.3, 0.4) is 0 Å².